The van der Waals surface area contributed by atoms with Gasteiger partial charge in [0.15, 0.2) is 0 Å². The molecule has 0 unspecified atom stereocenters. The molecule has 1 aromatic carbocycles. The van der Waals surface area contributed by atoms with E-state index in [1.54, 1.807) is 6.07 Å². The lowest BCUT2D eigenvalue weighted by molar-refractivity contribution is 0.0590. The van der Waals surface area contributed by atoms with E-state index in [0.717, 1.165) is 18.5 Å². The molecule has 1 N–H and O–H groups in total. The summed E-state index contributed by atoms with van der Waals surface area (Å²) in [6.07, 6.45) is 1.67. The molecule has 6 heteroatoms. The van der Waals surface area contributed by atoms with Crippen molar-refractivity contribution in [1.82, 2.24) is 15.1 Å². The van der Waals surface area contributed by atoms with Crippen molar-refractivity contribution in [3.8, 4) is 5.75 Å². The zero-order chi connectivity index (χ0) is 15.5. The number of carbonyl (C=O) groups excluding carboxylic acids is 1. The highest BCUT2D eigenvalue weighted by Gasteiger charge is 2.26. The van der Waals surface area contributed by atoms with Crippen molar-refractivity contribution >= 4 is 17.5 Å². The molecule has 1 fully saturated rings. The van der Waals surface area contributed by atoms with Crippen molar-refractivity contribution in [1.29, 1.82) is 0 Å². The van der Waals surface area contributed by atoms with Gasteiger partial charge in [-0.1, -0.05) is 23.7 Å². The number of nitrogens with zero attached hydrogens (tertiary/aromatic N) is 2. The summed E-state index contributed by atoms with van der Waals surface area (Å²) in [7, 11) is 0. The van der Waals surface area contributed by atoms with Gasteiger partial charge >= 0.3 is 0 Å². The van der Waals surface area contributed by atoms with E-state index in [0.29, 0.717) is 29.6 Å². The number of aromatic nitrogens is 2. The van der Waals surface area contributed by atoms with Gasteiger partial charge in [-0.05, 0) is 25.1 Å². The Kier molecular flexibility index (Phi) is 4.34. The highest BCUT2D eigenvalue weighted by atomic mass is 35.5. The second kappa shape index (κ2) is 6.40. The molecule has 116 valence electrons. The van der Waals surface area contributed by atoms with Gasteiger partial charge in [0.25, 0.3) is 5.91 Å². The van der Waals surface area contributed by atoms with E-state index in [-0.39, 0.29) is 12.0 Å². The zero-order valence-corrected chi connectivity index (χ0v) is 13.1. The Bertz CT molecular complexity index is 663. The van der Waals surface area contributed by atoms with Crippen LogP contribution in [0.2, 0.25) is 5.02 Å². The molecule has 0 spiro atoms. The largest absolute Gasteiger partial charge is 0.489 e. The first-order chi connectivity index (χ1) is 10.6. The van der Waals surface area contributed by atoms with Crippen LogP contribution in [0.5, 0.6) is 5.75 Å². The van der Waals surface area contributed by atoms with E-state index in [9.17, 15) is 4.79 Å². The molecule has 1 saturated heterocycles. The number of H-pyrrole nitrogens is 1. The average molecular weight is 320 g/mol. The first-order valence-electron chi connectivity index (χ1n) is 7.36. The van der Waals surface area contributed by atoms with Crippen molar-refractivity contribution < 1.29 is 9.53 Å². The maximum atomic E-state index is 12.3. The summed E-state index contributed by atoms with van der Waals surface area (Å²) in [5.74, 6) is 0.678. The number of piperidine rings is 1. The van der Waals surface area contributed by atoms with Gasteiger partial charge in [-0.2, -0.15) is 5.10 Å². The minimum Gasteiger partial charge on any atom is -0.489 e. The average Bonchev–Trinajstić information content (AvgIpc) is 2.96. The number of ether oxygens (including phenoxy) is 1. The molecule has 2 heterocycles. The van der Waals surface area contributed by atoms with Gasteiger partial charge < -0.3 is 9.64 Å². The predicted molar refractivity (Wildman–Crippen MR) is 84.3 cm³/mol. The highest BCUT2D eigenvalue weighted by molar-refractivity contribution is 6.32. The summed E-state index contributed by atoms with van der Waals surface area (Å²) >= 11 is 6.10. The number of likely N-dealkylation sites (tertiary alicyclic amines) is 1. The third kappa shape index (κ3) is 3.25. The summed E-state index contributed by atoms with van der Waals surface area (Å²) in [4.78, 5) is 14.1. The quantitative estimate of drug-likeness (QED) is 0.946. The fraction of sp³-hybridized carbons (Fsp3) is 0.375. The van der Waals surface area contributed by atoms with Crippen molar-refractivity contribution in [2.24, 2.45) is 0 Å². The van der Waals surface area contributed by atoms with Crippen LogP contribution in [0.1, 0.15) is 29.0 Å². The number of amides is 1. The van der Waals surface area contributed by atoms with Crippen LogP contribution in [0.25, 0.3) is 0 Å². The van der Waals surface area contributed by atoms with Crippen LogP contribution in [0.15, 0.2) is 30.3 Å². The smallest absolute Gasteiger partial charge is 0.274 e. The van der Waals surface area contributed by atoms with Crippen LogP contribution in [-0.4, -0.2) is 40.2 Å². The molecule has 1 aromatic heterocycles. The normalized spacial score (nSPS) is 15.8. The Morgan fingerprint density at radius 2 is 2.09 bits per heavy atom. The first kappa shape index (κ1) is 14.9. The monoisotopic (exact) mass is 319 g/mol. The minimum atomic E-state index is -0.0273. The molecule has 5 nitrogen and oxygen atoms in total. The zero-order valence-electron chi connectivity index (χ0n) is 12.4. The number of para-hydroxylation sites is 1. The summed E-state index contributed by atoms with van der Waals surface area (Å²) in [5.41, 5.74) is 1.36. The molecular weight excluding hydrogens is 302 g/mol. The van der Waals surface area contributed by atoms with Crippen LogP contribution < -0.4 is 4.74 Å². The van der Waals surface area contributed by atoms with Crippen molar-refractivity contribution in [2.75, 3.05) is 13.1 Å². The third-order valence-corrected chi connectivity index (χ3v) is 4.10. The number of hydrogen-bond donors (Lipinski definition) is 1. The summed E-state index contributed by atoms with van der Waals surface area (Å²) in [6, 6.07) is 9.23. The van der Waals surface area contributed by atoms with Gasteiger partial charge in [0.05, 0.1) is 5.02 Å². The Morgan fingerprint density at radius 3 is 2.73 bits per heavy atom. The van der Waals surface area contributed by atoms with Crippen LogP contribution in [0.3, 0.4) is 0 Å². The van der Waals surface area contributed by atoms with Gasteiger partial charge in [0, 0.05) is 31.6 Å². The number of hydrogen-bond acceptors (Lipinski definition) is 3. The van der Waals surface area contributed by atoms with E-state index in [1.807, 2.05) is 36.1 Å². The molecule has 1 aliphatic rings. The number of benzene rings is 1. The number of aromatic amines is 1. The fourth-order valence-corrected chi connectivity index (χ4v) is 2.77. The van der Waals surface area contributed by atoms with E-state index in [2.05, 4.69) is 10.2 Å². The molecule has 3 rings (SSSR count). The second-order valence-electron chi connectivity index (χ2n) is 5.48. The van der Waals surface area contributed by atoms with Crippen molar-refractivity contribution in [2.45, 2.75) is 25.9 Å². The summed E-state index contributed by atoms with van der Waals surface area (Å²) in [6.45, 7) is 3.22. The maximum absolute atomic E-state index is 12.3. The number of carbonyl (C=O) groups is 1. The lowest BCUT2D eigenvalue weighted by Crippen LogP contribution is -2.42. The highest BCUT2D eigenvalue weighted by Crippen LogP contribution is 2.27. The number of aryl methyl sites for hydroxylation is 1. The molecular formula is C16H18ClN3O2. The lowest BCUT2D eigenvalue weighted by atomic mass is 10.1. The van der Waals surface area contributed by atoms with Crippen LogP contribution >= 0.6 is 11.6 Å². The molecule has 1 aliphatic heterocycles. The molecule has 2 aromatic rings. The topological polar surface area (TPSA) is 58.2 Å². The molecule has 0 saturated carbocycles. The Balaban J connectivity index is 1.56. The van der Waals surface area contributed by atoms with E-state index in [4.69, 9.17) is 16.3 Å². The molecule has 0 bridgehead atoms. The van der Waals surface area contributed by atoms with Crippen LogP contribution in [-0.2, 0) is 0 Å². The fourth-order valence-electron chi connectivity index (χ4n) is 2.59. The molecule has 1 amide bonds. The minimum absolute atomic E-state index is 0.0273. The lowest BCUT2D eigenvalue weighted by Gasteiger charge is -2.31. The molecule has 0 atom stereocenters. The molecule has 0 radical (unpaired) electrons. The third-order valence-electron chi connectivity index (χ3n) is 3.78. The van der Waals surface area contributed by atoms with E-state index < -0.39 is 0 Å². The van der Waals surface area contributed by atoms with Gasteiger partial charge in [-0.15, -0.1) is 0 Å². The Labute approximate surface area is 134 Å². The standard InChI is InChI=1S/C16H18ClN3O2/c1-11-10-14(19-18-11)16(21)20-8-6-12(7-9-20)22-15-5-3-2-4-13(15)17/h2-5,10,12H,6-9H2,1H3,(H,18,19). The van der Waals surface area contributed by atoms with Gasteiger partial charge in [-0.25, -0.2) is 0 Å². The van der Waals surface area contributed by atoms with E-state index in [1.165, 1.54) is 0 Å². The summed E-state index contributed by atoms with van der Waals surface area (Å²) in [5, 5.41) is 7.44. The van der Waals surface area contributed by atoms with Crippen molar-refractivity contribution in [3.05, 3.63) is 46.7 Å². The first-order valence-corrected chi connectivity index (χ1v) is 7.74. The Hall–Kier alpha value is -2.01. The van der Waals surface area contributed by atoms with Gasteiger partial charge in [0.2, 0.25) is 0 Å². The number of rotatable bonds is 3. The van der Waals surface area contributed by atoms with Gasteiger partial charge in [-0.3, -0.25) is 9.89 Å². The number of nitrogens with one attached hydrogen (secondary N) is 1. The van der Waals surface area contributed by atoms with Crippen LogP contribution in [0.4, 0.5) is 0 Å². The SMILES string of the molecule is Cc1cc(C(=O)N2CCC(Oc3ccccc3Cl)CC2)n[nH]1. The van der Waals surface area contributed by atoms with E-state index >= 15 is 0 Å². The molecule has 22 heavy (non-hydrogen) atoms. The number of halogens is 1. The predicted octanol–water partition coefficient (Wildman–Crippen LogP) is 3.06. The summed E-state index contributed by atoms with van der Waals surface area (Å²) < 4.78 is 5.93. The van der Waals surface area contributed by atoms with Crippen LogP contribution in [0, 0.1) is 6.92 Å². The maximum Gasteiger partial charge on any atom is 0.274 e. The van der Waals surface area contributed by atoms with Gasteiger partial charge in [0.1, 0.15) is 17.5 Å². The second-order valence-corrected chi connectivity index (χ2v) is 5.88. The van der Waals surface area contributed by atoms with Crippen molar-refractivity contribution in [3.63, 3.8) is 0 Å². The molecule has 0 aliphatic carbocycles. The Morgan fingerprint density at radius 1 is 1.36 bits per heavy atom.